The lowest BCUT2D eigenvalue weighted by molar-refractivity contribution is -0.135. The van der Waals surface area contributed by atoms with E-state index in [1.165, 1.54) is 12.8 Å². The van der Waals surface area contributed by atoms with Gasteiger partial charge in [-0.25, -0.2) is 0 Å². The van der Waals surface area contributed by atoms with Crippen molar-refractivity contribution in [1.82, 2.24) is 10.2 Å². The highest BCUT2D eigenvalue weighted by atomic mass is 16.4. The molecule has 0 radical (unpaired) electrons. The first-order valence-electron chi connectivity index (χ1n) is 7.36. The number of amides is 1. The molecule has 1 saturated heterocycles. The number of rotatable bonds is 5. The maximum absolute atomic E-state index is 11.8. The van der Waals surface area contributed by atoms with Crippen LogP contribution in [0, 0.1) is 5.92 Å². The fraction of sp³-hybridized carbons (Fsp3) is 0.500. The monoisotopic (exact) mass is 290 g/mol. The zero-order chi connectivity index (χ0) is 15.2. The number of likely N-dealkylation sites (tertiary alicyclic amines) is 1. The quantitative estimate of drug-likeness (QED) is 0.866. The maximum Gasteiger partial charge on any atom is 0.322 e. The normalized spacial score (nSPS) is 16.6. The number of piperidine rings is 1. The van der Waals surface area contributed by atoms with E-state index in [1.807, 2.05) is 18.2 Å². The molecular weight excluding hydrogens is 268 g/mol. The van der Waals surface area contributed by atoms with E-state index in [1.54, 1.807) is 6.07 Å². The van der Waals surface area contributed by atoms with Crippen molar-refractivity contribution in [2.24, 2.45) is 5.92 Å². The molecular formula is C16H22N2O3. The van der Waals surface area contributed by atoms with Crippen LogP contribution in [-0.2, 0) is 11.3 Å². The van der Waals surface area contributed by atoms with Crippen molar-refractivity contribution < 1.29 is 14.7 Å². The van der Waals surface area contributed by atoms with E-state index < -0.39 is 5.97 Å². The van der Waals surface area contributed by atoms with Gasteiger partial charge in [0.2, 0.25) is 0 Å². The van der Waals surface area contributed by atoms with Gasteiger partial charge in [-0.1, -0.05) is 19.1 Å². The van der Waals surface area contributed by atoms with Crippen molar-refractivity contribution in [3.05, 3.63) is 35.4 Å². The Morgan fingerprint density at radius 3 is 2.71 bits per heavy atom. The molecule has 2 rings (SSSR count). The van der Waals surface area contributed by atoms with Crippen molar-refractivity contribution in [3.63, 3.8) is 0 Å². The van der Waals surface area contributed by atoms with Gasteiger partial charge in [0, 0.05) is 12.1 Å². The van der Waals surface area contributed by atoms with E-state index in [-0.39, 0.29) is 12.5 Å². The smallest absolute Gasteiger partial charge is 0.322 e. The minimum absolute atomic E-state index is 0.341. The third-order valence-corrected chi connectivity index (χ3v) is 3.87. The molecule has 1 aliphatic rings. The van der Waals surface area contributed by atoms with Crippen LogP contribution in [0.1, 0.15) is 35.7 Å². The Kier molecular flexibility index (Phi) is 5.33. The Bertz CT molecular complexity index is 508. The molecule has 5 heteroatoms. The highest BCUT2D eigenvalue weighted by molar-refractivity contribution is 5.95. The maximum atomic E-state index is 11.8. The second-order valence-corrected chi connectivity index (χ2v) is 5.74. The molecule has 2 N–H and O–H groups in total. The average Bonchev–Trinajstić information content (AvgIpc) is 2.47. The molecule has 0 bridgehead atoms. The first-order chi connectivity index (χ1) is 10.0. The summed E-state index contributed by atoms with van der Waals surface area (Å²) in [5, 5.41) is 11.0. The lowest BCUT2D eigenvalue weighted by Crippen LogP contribution is -2.32. The topological polar surface area (TPSA) is 69.6 Å². The second-order valence-electron chi connectivity index (χ2n) is 5.74. The van der Waals surface area contributed by atoms with E-state index in [0.717, 1.165) is 31.1 Å². The van der Waals surface area contributed by atoms with E-state index in [9.17, 15) is 9.59 Å². The van der Waals surface area contributed by atoms with Crippen LogP contribution in [0.15, 0.2) is 24.3 Å². The van der Waals surface area contributed by atoms with E-state index in [4.69, 9.17) is 5.11 Å². The molecule has 1 amide bonds. The zero-order valence-electron chi connectivity index (χ0n) is 12.3. The minimum Gasteiger partial charge on any atom is -0.480 e. The SMILES string of the molecule is CC1CCN(Cc2cccc(C(=O)NCC(=O)O)c2)CC1. The molecule has 1 heterocycles. The number of carbonyl (C=O) groups excluding carboxylic acids is 1. The third-order valence-electron chi connectivity index (χ3n) is 3.87. The number of nitrogens with zero attached hydrogens (tertiary/aromatic N) is 1. The highest BCUT2D eigenvalue weighted by Crippen LogP contribution is 2.18. The summed E-state index contributed by atoms with van der Waals surface area (Å²) in [5.74, 6) is -0.581. The molecule has 0 aromatic heterocycles. The van der Waals surface area contributed by atoms with Crippen LogP contribution in [0.3, 0.4) is 0 Å². The molecule has 0 unspecified atom stereocenters. The Labute approximate surface area is 125 Å². The van der Waals surface area contributed by atoms with Gasteiger partial charge in [-0.2, -0.15) is 0 Å². The molecule has 21 heavy (non-hydrogen) atoms. The zero-order valence-corrected chi connectivity index (χ0v) is 12.3. The van der Waals surface area contributed by atoms with Gasteiger partial charge < -0.3 is 10.4 Å². The molecule has 1 aromatic carbocycles. The van der Waals surface area contributed by atoms with Crippen molar-refractivity contribution in [2.45, 2.75) is 26.3 Å². The summed E-state index contributed by atoms with van der Waals surface area (Å²) in [6, 6.07) is 7.40. The summed E-state index contributed by atoms with van der Waals surface area (Å²) in [6.07, 6.45) is 2.44. The molecule has 0 atom stereocenters. The summed E-state index contributed by atoms with van der Waals surface area (Å²) >= 11 is 0. The molecule has 1 aliphatic heterocycles. The molecule has 0 aliphatic carbocycles. The summed E-state index contributed by atoms with van der Waals surface area (Å²) < 4.78 is 0. The van der Waals surface area contributed by atoms with Gasteiger partial charge in [0.1, 0.15) is 6.54 Å². The van der Waals surface area contributed by atoms with Gasteiger partial charge >= 0.3 is 5.97 Å². The molecule has 0 spiro atoms. The lowest BCUT2D eigenvalue weighted by atomic mass is 9.98. The van der Waals surface area contributed by atoms with Crippen LogP contribution in [-0.4, -0.2) is 41.5 Å². The highest BCUT2D eigenvalue weighted by Gasteiger charge is 2.16. The summed E-state index contributed by atoms with van der Waals surface area (Å²) in [7, 11) is 0. The Morgan fingerprint density at radius 2 is 2.05 bits per heavy atom. The largest absolute Gasteiger partial charge is 0.480 e. The van der Waals surface area contributed by atoms with E-state index >= 15 is 0 Å². The third kappa shape index (κ3) is 4.86. The average molecular weight is 290 g/mol. The van der Waals surface area contributed by atoms with Crippen LogP contribution in [0.4, 0.5) is 0 Å². The molecule has 5 nitrogen and oxygen atoms in total. The van der Waals surface area contributed by atoms with E-state index in [2.05, 4.69) is 17.1 Å². The predicted molar refractivity (Wildman–Crippen MR) is 80.1 cm³/mol. The van der Waals surface area contributed by atoms with Gasteiger partial charge in [0.05, 0.1) is 0 Å². The van der Waals surface area contributed by atoms with Gasteiger partial charge in [-0.05, 0) is 49.5 Å². The van der Waals surface area contributed by atoms with E-state index in [0.29, 0.717) is 5.56 Å². The fourth-order valence-corrected chi connectivity index (χ4v) is 2.55. The van der Waals surface area contributed by atoms with Crippen LogP contribution in [0.5, 0.6) is 0 Å². The van der Waals surface area contributed by atoms with Crippen molar-refractivity contribution in [1.29, 1.82) is 0 Å². The number of carboxylic acid groups (broad SMARTS) is 1. The number of nitrogens with one attached hydrogen (secondary N) is 1. The second kappa shape index (κ2) is 7.22. The van der Waals surface area contributed by atoms with Gasteiger partial charge in [0.15, 0.2) is 0 Å². The van der Waals surface area contributed by atoms with Crippen LogP contribution >= 0.6 is 0 Å². The van der Waals surface area contributed by atoms with Crippen molar-refractivity contribution in [2.75, 3.05) is 19.6 Å². The number of aliphatic carboxylic acids is 1. The fourth-order valence-electron chi connectivity index (χ4n) is 2.55. The molecule has 0 saturated carbocycles. The Balaban J connectivity index is 1.94. The molecule has 1 fully saturated rings. The number of carboxylic acids is 1. The predicted octanol–water partition coefficient (Wildman–Crippen LogP) is 1.73. The van der Waals surface area contributed by atoms with Gasteiger partial charge in [0.25, 0.3) is 5.91 Å². The number of carbonyl (C=O) groups is 2. The number of benzene rings is 1. The molecule has 1 aromatic rings. The summed E-state index contributed by atoms with van der Waals surface area (Å²) in [5.41, 5.74) is 1.60. The van der Waals surface area contributed by atoms with Crippen LogP contribution in [0.2, 0.25) is 0 Å². The van der Waals surface area contributed by atoms with Crippen molar-refractivity contribution >= 4 is 11.9 Å². The Morgan fingerprint density at radius 1 is 1.33 bits per heavy atom. The van der Waals surface area contributed by atoms with Crippen LogP contribution < -0.4 is 5.32 Å². The summed E-state index contributed by atoms with van der Waals surface area (Å²) in [6.45, 7) is 4.96. The summed E-state index contributed by atoms with van der Waals surface area (Å²) in [4.78, 5) is 24.7. The van der Waals surface area contributed by atoms with Gasteiger partial charge in [-0.15, -0.1) is 0 Å². The number of hydrogen-bond donors (Lipinski definition) is 2. The first kappa shape index (κ1) is 15.5. The number of hydrogen-bond acceptors (Lipinski definition) is 3. The minimum atomic E-state index is -1.04. The first-order valence-corrected chi connectivity index (χ1v) is 7.36. The lowest BCUT2D eigenvalue weighted by Gasteiger charge is -2.30. The molecule has 114 valence electrons. The standard InChI is InChI=1S/C16H22N2O3/c1-12-5-7-18(8-6-12)11-13-3-2-4-14(9-13)16(21)17-10-15(19)20/h2-4,9,12H,5-8,10-11H2,1H3,(H,17,21)(H,19,20). The van der Waals surface area contributed by atoms with Crippen molar-refractivity contribution in [3.8, 4) is 0 Å². The van der Waals surface area contributed by atoms with Crippen LogP contribution in [0.25, 0.3) is 0 Å². The van der Waals surface area contributed by atoms with Gasteiger partial charge in [-0.3, -0.25) is 14.5 Å². The Hall–Kier alpha value is -1.88.